The molecule has 0 radical (unpaired) electrons. The highest BCUT2D eigenvalue weighted by Gasteiger charge is 2.35. The van der Waals surface area contributed by atoms with Gasteiger partial charge in [-0.1, -0.05) is 6.07 Å². The molecule has 2 aromatic heterocycles. The van der Waals surface area contributed by atoms with Crippen LogP contribution in [0.25, 0.3) is 0 Å². The molecule has 0 unspecified atom stereocenters. The van der Waals surface area contributed by atoms with Crippen LogP contribution in [-0.2, 0) is 6.18 Å². The minimum absolute atomic E-state index is 0.000430. The molecule has 0 saturated heterocycles. The highest BCUT2D eigenvalue weighted by atomic mass is 19.4. The largest absolute Gasteiger partial charge is 0.494 e. The Morgan fingerprint density at radius 1 is 1.03 bits per heavy atom. The number of carbonyl (C=O) groups excluding carboxylic acids is 1. The van der Waals surface area contributed by atoms with E-state index in [1.54, 1.807) is 0 Å². The lowest BCUT2D eigenvalue weighted by Gasteiger charge is -2.19. The van der Waals surface area contributed by atoms with Crippen LogP contribution in [0, 0.1) is 5.82 Å². The van der Waals surface area contributed by atoms with Gasteiger partial charge in [-0.25, -0.2) is 14.4 Å². The number of halogens is 4. The molecule has 11 heteroatoms. The maximum atomic E-state index is 13.3. The first-order valence-corrected chi connectivity index (χ1v) is 8.85. The Balaban J connectivity index is 2.06. The molecule has 0 aliphatic carbocycles. The molecule has 162 valence electrons. The average molecular weight is 435 g/mol. The van der Waals surface area contributed by atoms with Crippen molar-refractivity contribution in [2.45, 2.75) is 6.18 Å². The number of hydrogen-bond donors (Lipinski definition) is 3. The molecule has 3 aromatic rings. The maximum absolute atomic E-state index is 13.3. The number of carbonyl (C=O) groups is 1. The summed E-state index contributed by atoms with van der Waals surface area (Å²) < 4.78 is 58.1. The topological polar surface area (TPSA) is 88.2 Å². The van der Waals surface area contributed by atoms with Crippen LogP contribution in [-0.4, -0.2) is 30.0 Å². The van der Waals surface area contributed by atoms with Crippen molar-refractivity contribution in [1.29, 1.82) is 0 Å². The molecule has 1 amide bonds. The third kappa shape index (κ3) is 4.82. The van der Waals surface area contributed by atoms with E-state index in [0.717, 1.165) is 19.4 Å². The second-order valence-corrected chi connectivity index (χ2v) is 6.16. The fourth-order valence-electron chi connectivity index (χ4n) is 2.81. The van der Waals surface area contributed by atoms with Crippen molar-refractivity contribution < 1.29 is 27.1 Å². The summed E-state index contributed by atoms with van der Waals surface area (Å²) in [5, 5.41) is 8.07. The number of methoxy groups -OCH3 is 1. The van der Waals surface area contributed by atoms with E-state index in [9.17, 15) is 22.4 Å². The average Bonchev–Trinajstić information content (AvgIpc) is 2.74. The molecule has 0 aliphatic rings. The van der Waals surface area contributed by atoms with Gasteiger partial charge in [-0.2, -0.15) is 13.2 Å². The van der Waals surface area contributed by atoms with E-state index in [-0.39, 0.29) is 28.6 Å². The molecule has 7 nitrogen and oxygen atoms in total. The van der Waals surface area contributed by atoms with Crippen molar-refractivity contribution >= 4 is 28.9 Å². The molecule has 1 aromatic carbocycles. The summed E-state index contributed by atoms with van der Waals surface area (Å²) in [4.78, 5) is 20.5. The van der Waals surface area contributed by atoms with Gasteiger partial charge in [0.25, 0.3) is 5.91 Å². The zero-order valence-corrected chi connectivity index (χ0v) is 16.3. The summed E-state index contributed by atoms with van der Waals surface area (Å²) in [6.45, 7) is 0. The number of rotatable bonds is 6. The number of nitrogens with one attached hydrogen (secondary N) is 3. The number of hydrogen-bond acceptors (Lipinski definition) is 6. The molecule has 0 fully saturated rings. The van der Waals surface area contributed by atoms with Crippen molar-refractivity contribution in [3.05, 3.63) is 65.7 Å². The quantitative estimate of drug-likeness (QED) is 0.495. The molecule has 3 rings (SSSR count). The van der Waals surface area contributed by atoms with Gasteiger partial charge < -0.3 is 20.7 Å². The first-order valence-electron chi connectivity index (χ1n) is 8.85. The van der Waals surface area contributed by atoms with Crippen molar-refractivity contribution in [2.24, 2.45) is 0 Å². The second kappa shape index (κ2) is 8.86. The standard InChI is InChI=1S/C20H17F4N5O2/c1-25-19(30)16-13(8-9-26-18(16)29-15-7-6-11(21)10-27-15)28-14-5-3-4-12(17(14)31-2)20(22,23)24/h3-10H,1-2H3,(H,25,30)(H2,26,27,28,29). The number of pyridine rings is 2. The summed E-state index contributed by atoms with van der Waals surface area (Å²) in [7, 11) is 2.51. The molecule has 0 saturated carbocycles. The minimum atomic E-state index is -4.63. The van der Waals surface area contributed by atoms with Gasteiger partial charge in [0.1, 0.15) is 23.0 Å². The number of nitrogens with zero attached hydrogens (tertiary/aromatic N) is 2. The van der Waals surface area contributed by atoms with Crippen LogP contribution in [0.5, 0.6) is 5.75 Å². The number of benzene rings is 1. The molecule has 2 heterocycles. The van der Waals surface area contributed by atoms with Gasteiger partial charge in [0.2, 0.25) is 0 Å². The summed E-state index contributed by atoms with van der Waals surface area (Å²) in [6, 6.07) is 7.44. The Hall–Kier alpha value is -3.89. The van der Waals surface area contributed by atoms with E-state index < -0.39 is 29.2 Å². The fourth-order valence-corrected chi connectivity index (χ4v) is 2.81. The van der Waals surface area contributed by atoms with Crippen molar-refractivity contribution in [3.63, 3.8) is 0 Å². The highest BCUT2D eigenvalue weighted by Crippen LogP contribution is 2.41. The highest BCUT2D eigenvalue weighted by molar-refractivity contribution is 6.05. The number of alkyl halides is 3. The van der Waals surface area contributed by atoms with E-state index in [1.165, 1.54) is 43.6 Å². The van der Waals surface area contributed by atoms with E-state index in [1.807, 2.05) is 0 Å². The summed E-state index contributed by atoms with van der Waals surface area (Å²) >= 11 is 0. The van der Waals surface area contributed by atoms with Crippen LogP contribution < -0.4 is 20.7 Å². The van der Waals surface area contributed by atoms with Gasteiger partial charge in [0.05, 0.1) is 30.2 Å². The van der Waals surface area contributed by atoms with Crippen LogP contribution in [0.1, 0.15) is 15.9 Å². The van der Waals surface area contributed by atoms with Gasteiger partial charge >= 0.3 is 6.18 Å². The molecular formula is C20H17F4N5O2. The predicted molar refractivity (Wildman–Crippen MR) is 106 cm³/mol. The fraction of sp³-hybridized carbons (Fsp3) is 0.150. The molecule has 3 N–H and O–H groups in total. The Morgan fingerprint density at radius 2 is 1.81 bits per heavy atom. The number of para-hydroxylation sites is 1. The SMILES string of the molecule is CNC(=O)c1c(Nc2cccc(C(F)(F)F)c2OC)ccnc1Nc1ccc(F)cn1. The van der Waals surface area contributed by atoms with E-state index >= 15 is 0 Å². The number of amides is 1. The normalized spacial score (nSPS) is 11.0. The molecule has 0 atom stereocenters. The van der Waals surface area contributed by atoms with Crippen LogP contribution in [0.3, 0.4) is 0 Å². The molecule has 31 heavy (non-hydrogen) atoms. The number of aromatic nitrogens is 2. The summed E-state index contributed by atoms with van der Waals surface area (Å²) in [5.41, 5.74) is -0.795. The van der Waals surface area contributed by atoms with E-state index in [4.69, 9.17) is 4.74 Å². The van der Waals surface area contributed by atoms with E-state index in [2.05, 4.69) is 25.9 Å². The van der Waals surface area contributed by atoms with Crippen LogP contribution >= 0.6 is 0 Å². The smallest absolute Gasteiger partial charge is 0.420 e. The zero-order valence-electron chi connectivity index (χ0n) is 16.3. The first-order chi connectivity index (χ1) is 14.7. The minimum Gasteiger partial charge on any atom is -0.494 e. The lowest BCUT2D eigenvalue weighted by molar-refractivity contribution is -0.138. The Bertz CT molecular complexity index is 1090. The Morgan fingerprint density at radius 3 is 2.42 bits per heavy atom. The van der Waals surface area contributed by atoms with Crippen LogP contribution in [0.4, 0.5) is 40.6 Å². The third-order valence-corrected chi connectivity index (χ3v) is 4.17. The molecule has 0 bridgehead atoms. The lowest BCUT2D eigenvalue weighted by Crippen LogP contribution is -2.21. The maximum Gasteiger partial charge on any atom is 0.420 e. The molecular weight excluding hydrogens is 418 g/mol. The van der Waals surface area contributed by atoms with Gasteiger partial charge in [0.15, 0.2) is 5.75 Å². The van der Waals surface area contributed by atoms with Crippen molar-refractivity contribution in [3.8, 4) is 5.75 Å². The Labute approximate surface area is 174 Å². The van der Waals surface area contributed by atoms with Crippen molar-refractivity contribution in [1.82, 2.24) is 15.3 Å². The summed E-state index contributed by atoms with van der Waals surface area (Å²) in [5.74, 6) is -1.25. The van der Waals surface area contributed by atoms with Gasteiger partial charge in [-0.3, -0.25) is 4.79 Å². The van der Waals surface area contributed by atoms with Crippen LogP contribution in [0.2, 0.25) is 0 Å². The summed E-state index contributed by atoms with van der Waals surface area (Å²) in [6.07, 6.45) is -2.30. The Kier molecular flexibility index (Phi) is 6.23. The first kappa shape index (κ1) is 21.8. The van der Waals surface area contributed by atoms with Gasteiger partial charge in [0, 0.05) is 13.2 Å². The number of ether oxygens (including phenoxy) is 1. The molecule has 0 aliphatic heterocycles. The second-order valence-electron chi connectivity index (χ2n) is 6.16. The van der Waals surface area contributed by atoms with Gasteiger partial charge in [-0.15, -0.1) is 0 Å². The third-order valence-electron chi connectivity index (χ3n) is 4.17. The van der Waals surface area contributed by atoms with Crippen molar-refractivity contribution in [2.75, 3.05) is 24.8 Å². The van der Waals surface area contributed by atoms with Gasteiger partial charge in [-0.05, 0) is 30.3 Å². The lowest BCUT2D eigenvalue weighted by atomic mass is 10.1. The number of anilines is 4. The predicted octanol–water partition coefficient (Wildman–Crippen LogP) is 4.49. The molecule has 0 spiro atoms. The monoisotopic (exact) mass is 435 g/mol. The van der Waals surface area contributed by atoms with E-state index in [0.29, 0.717) is 0 Å². The van der Waals surface area contributed by atoms with Crippen LogP contribution in [0.15, 0.2) is 48.8 Å². The zero-order chi connectivity index (χ0) is 22.6.